The summed E-state index contributed by atoms with van der Waals surface area (Å²) >= 11 is 8.88. The van der Waals surface area contributed by atoms with E-state index in [0.717, 1.165) is 50.6 Å². The number of nitrogens with zero attached hydrogens (tertiary/aromatic N) is 6. The van der Waals surface area contributed by atoms with Crippen LogP contribution >= 0.6 is 27.5 Å². The molecule has 5 rings (SSSR count). The van der Waals surface area contributed by atoms with Gasteiger partial charge in [0.05, 0.1) is 55.2 Å². The maximum absolute atomic E-state index is 12.6. The molecule has 2 aromatic carbocycles. The number of Topliss-reactive ketones (excluding diaryl/α,β-unsaturated/α-hetero) is 10. The van der Waals surface area contributed by atoms with Crippen molar-refractivity contribution in [2.75, 3.05) is 100 Å². The fraction of sp³-hybridized carbons (Fsp3) is 0.636. The number of piperidine rings is 1. The van der Waals surface area contributed by atoms with E-state index in [2.05, 4.69) is 74.6 Å². The first-order valence-corrected chi connectivity index (χ1v) is 42.5. The topological polar surface area (TPSA) is 357 Å². The van der Waals surface area contributed by atoms with E-state index < -0.39 is 36.2 Å². The predicted octanol–water partition coefficient (Wildman–Crippen LogP) is 10.7. The minimum Gasteiger partial charge on any atom is -0.365 e. The third-order valence-electron chi connectivity index (χ3n) is 19.7. The van der Waals surface area contributed by atoms with Crippen molar-refractivity contribution in [3.63, 3.8) is 0 Å². The maximum Gasteiger partial charge on any atom is 0.321 e. The smallest absolute Gasteiger partial charge is 0.321 e. The van der Waals surface area contributed by atoms with Gasteiger partial charge in [-0.25, -0.2) is 9.78 Å². The van der Waals surface area contributed by atoms with Gasteiger partial charge in [-0.2, -0.15) is 0 Å². The van der Waals surface area contributed by atoms with Crippen LogP contribution in [0.5, 0.6) is 0 Å². The Balaban J connectivity index is 0.000000738. The highest BCUT2D eigenvalue weighted by Gasteiger charge is 2.34. The first-order valence-electron chi connectivity index (χ1n) is 41.0. The summed E-state index contributed by atoms with van der Waals surface area (Å²) in [5, 5.41) is 16.7. The molecule has 0 bridgehead atoms. The van der Waals surface area contributed by atoms with E-state index in [9.17, 15) is 71.9 Å². The number of alkyl halides is 1. The van der Waals surface area contributed by atoms with Gasteiger partial charge in [-0.3, -0.25) is 82.2 Å². The van der Waals surface area contributed by atoms with Crippen molar-refractivity contribution in [1.29, 1.82) is 0 Å². The molecule has 654 valence electrons. The fourth-order valence-corrected chi connectivity index (χ4v) is 12.1. The highest BCUT2D eigenvalue weighted by molar-refractivity contribution is 9.09. The standard InChI is InChI=1S/C22H40N4O3.C19H27ClN2O3.C19H28N2O3.C16H23N3O3.C12H20BrNO3/c1-16(2)20(27)14-19(22(29)17(3)4)23-21(28)15-25-10-12-26(13-11-25)18-6-8-24(5)9-7-18;1-12(2)17(23)10-16(19(25)13(3)4)21-18(24)11-22(5)15-8-6-14(20)7-9-15;1-13(2)17(22)11-16(19(24)14(3)4)20-18(23)12-21(5)15-9-7-6-8-10-15;1-10(2)13(20)9-12(15(21)11(3)4)18-16(22)19-14-7-5-6-8-17-14;1-7(2)10(15)5-9(12(17)8(3)4)14-11(16)6-13/h16-19H,6-15H2,1-5H3,(H,23,28);6-9,12-13,16H,10-11H2,1-5H3,(H,21,24);6-10,13-14,16H,11-12H2,1-5H3,(H,20,23);5-8,10-12H,9H2,1-4H3,(H2,17,18,19,22);7-9H,5-6H2,1-4H3,(H,14,16). The number of urea groups is 1. The van der Waals surface area contributed by atoms with Gasteiger partial charge < -0.3 is 41.3 Å². The molecule has 5 unspecified atom stereocenters. The number of rotatable bonds is 41. The average Bonchev–Trinajstić information content (AvgIpc) is 0.860. The zero-order valence-corrected chi connectivity index (χ0v) is 76.2. The van der Waals surface area contributed by atoms with E-state index in [1.807, 2.05) is 77.2 Å². The molecule has 29 heteroatoms. The number of likely N-dealkylation sites (N-methyl/N-ethyl adjacent to an activating group) is 2. The number of carbonyl (C=O) groups excluding carboxylic acids is 15. The van der Waals surface area contributed by atoms with Crippen LogP contribution in [0.2, 0.25) is 5.02 Å². The summed E-state index contributed by atoms with van der Waals surface area (Å²) in [5.74, 6) is -3.24. The molecule has 2 aliphatic heterocycles. The van der Waals surface area contributed by atoms with Crippen LogP contribution in [0.25, 0.3) is 0 Å². The van der Waals surface area contributed by atoms with Crippen molar-refractivity contribution in [2.24, 2.45) is 59.2 Å². The lowest BCUT2D eigenvalue weighted by atomic mass is 9.94. The van der Waals surface area contributed by atoms with E-state index in [4.69, 9.17) is 11.6 Å². The molecule has 0 aliphatic carbocycles. The zero-order valence-electron chi connectivity index (χ0n) is 73.8. The number of piperazine rings is 1. The number of hydrogen-bond acceptors (Lipinski definition) is 21. The monoisotopic (exact) mass is 1720 g/mol. The number of likely N-dealkylation sites (tertiary alicyclic amines) is 1. The number of aromatic nitrogens is 1. The van der Waals surface area contributed by atoms with Crippen molar-refractivity contribution in [3.05, 3.63) is 84.0 Å². The number of hydrogen-bond donors (Lipinski definition) is 6. The van der Waals surface area contributed by atoms with E-state index >= 15 is 0 Å². The molecular formula is C88H138BrClN12O15. The van der Waals surface area contributed by atoms with Gasteiger partial charge in [-0.15, -0.1) is 0 Å². The minimum atomic E-state index is -0.821. The van der Waals surface area contributed by atoms with Crippen LogP contribution in [0.3, 0.4) is 0 Å². The second-order valence-corrected chi connectivity index (χ2v) is 34.3. The number of para-hydroxylation sites is 1. The van der Waals surface area contributed by atoms with Crippen LogP contribution < -0.4 is 41.7 Å². The quantitative estimate of drug-likeness (QED) is 0.0287. The number of ketones is 10. The Kier molecular flexibility index (Phi) is 50.6. The van der Waals surface area contributed by atoms with Crippen LogP contribution in [0, 0.1) is 59.2 Å². The van der Waals surface area contributed by atoms with Crippen LogP contribution in [0.4, 0.5) is 22.0 Å². The molecule has 1 aromatic heterocycles. The summed E-state index contributed by atoms with van der Waals surface area (Å²) in [7, 11) is 5.77. The number of pyridine rings is 1. The molecule has 2 aliphatic rings. The van der Waals surface area contributed by atoms with Gasteiger partial charge in [0.2, 0.25) is 23.6 Å². The lowest BCUT2D eigenvalue weighted by Crippen LogP contribution is -2.55. The number of halogens is 2. The molecule has 6 amide bonds. The van der Waals surface area contributed by atoms with Crippen molar-refractivity contribution in [3.8, 4) is 0 Å². The Hall–Kier alpha value is -8.31. The van der Waals surface area contributed by atoms with Gasteiger partial charge >= 0.3 is 6.03 Å². The van der Waals surface area contributed by atoms with E-state index in [1.165, 1.54) is 12.8 Å². The Morgan fingerprint density at radius 3 is 1.03 bits per heavy atom. The molecule has 2 saturated heterocycles. The number of nitrogens with one attached hydrogen (secondary N) is 6. The number of carbonyl (C=O) groups is 15. The van der Waals surface area contributed by atoms with Crippen molar-refractivity contribution in [2.45, 2.75) is 220 Å². The molecule has 2 fully saturated rings. The molecule has 117 heavy (non-hydrogen) atoms. The average molecular weight is 1720 g/mol. The van der Waals surface area contributed by atoms with Crippen molar-refractivity contribution < 1.29 is 71.9 Å². The molecule has 6 N–H and O–H groups in total. The van der Waals surface area contributed by atoms with Gasteiger partial charge in [0.1, 0.15) is 34.7 Å². The lowest BCUT2D eigenvalue weighted by molar-refractivity contribution is -0.133. The number of amides is 6. The second kappa shape index (κ2) is 55.4. The third kappa shape index (κ3) is 42.8. The maximum atomic E-state index is 12.6. The van der Waals surface area contributed by atoms with Crippen LogP contribution in [0.15, 0.2) is 79.0 Å². The minimum absolute atomic E-state index is 0.00428. The van der Waals surface area contributed by atoms with Gasteiger partial charge in [-0.05, 0) is 81.5 Å². The van der Waals surface area contributed by atoms with E-state index in [0.29, 0.717) is 23.4 Å². The summed E-state index contributed by atoms with van der Waals surface area (Å²) in [6.45, 7) is 42.2. The molecular weight excluding hydrogens is 1580 g/mol. The van der Waals surface area contributed by atoms with Gasteiger partial charge in [0.25, 0.3) is 0 Å². The van der Waals surface area contributed by atoms with Gasteiger partial charge in [0.15, 0.2) is 28.9 Å². The molecule has 0 radical (unpaired) electrons. The Bertz CT molecular complexity index is 3650. The highest BCUT2D eigenvalue weighted by atomic mass is 79.9. The molecule has 27 nitrogen and oxygen atoms in total. The normalized spacial score (nSPS) is 14.5. The summed E-state index contributed by atoms with van der Waals surface area (Å²) in [6, 6.07) is 18.1. The lowest BCUT2D eigenvalue weighted by Gasteiger charge is -2.42. The van der Waals surface area contributed by atoms with Gasteiger partial charge in [-0.1, -0.05) is 190 Å². The third-order valence-corrected chi connectivity index (χ3v) is 20.4. The van der Waals surface area contributed by atoms with E-state index in [-0.39, 0.29) is 191 Å². The Morgan fingerprint density at radius 2 is 0.718 bits per heavy atom. The molecule has 3 heterocycles. The SMILES string of the molecule is CC(C)C(=O)CC(NC(=O)CBr)C(=O)C(C)C.CC(C)C(=O)CC(NC(=O)CN(C)c1ccc(Cl)cc1)C(=O)C(C)C.CC(C)C(=O)CC(NC(=O)CN(C)c1ccccc1)C(=O)C(C)C.CC(C)C(=O)CC(NC(=O)CN1CCN(C2CCN(C)CC2)CC1)C(=O)C(C)C.CC(C)C(=O)CC(NC(=O)Nc1ccccn1)C(=O)C(C)C. The molecule has 3 aromatic rings. The van der Waals surface area contributed by atoms with Crippen LogP contribution in [-0.2, 0) is 67.1 Å². The molecule has 0 saturated carbocycles. The first kappa shape index (κ1) is 107. The Morgan fingerprint density at radius 1 is 0.402 bits per heavy atom. The van der Waals surface area contributed by atoms with Crippen molar-refractivity contribution >= 4 is 132 Å². The van der Waals surface area contributed by atoms with E-state index in [1.54, 1.807) is 164 Å². The molecule has 0 spiro atoms. The summed E-state index contributed by atoms with van der Waals surface area (Å²) in [5.41, 5.74) is 1.75. The summed E-state index contributed by atoms with van der Waals surface area (Å²) < 4.78 is 0. The second-order valence-electron chi connectivity index (χ2n) is 33.3. The summed E-state index contributed by atoms with van der Waals surface area (Å²) in [6.07, 6.45) is 4.25. The Labute approximate surface area is 709 Å². The number of benzene rings is 2. The summed E-state index contributed by atoms with van der Waals surface area (Å²) in [4.78, 5) is 196. The fourth-order valence-electron chi connectivity index (χ4n) is 11.9. The van der Waals surface area contributed by atoms with Crippen LogP contribution in [0.1, 0.15) is 183 Å². The zero-order chi connectivity index (χ0) is 89.3. The number of anilines is 3. The first-order chi connectivity index (χ1) is 54.6. The van der Waals surface area contributed by atoms with Crippen LogP contribution in [-0.4, -0.2) is 229 Å². The molecule has 5 atom stereocenters. The largest absolute Gasteiger partial charge is 0.365 e. The van der Waals surface area contributed by atoms with Crippen molar-refractivity contribution in [1.82, 2.24) is 46.3 Å². The highest BCUT2D eigenvalue weighted by Crippen LogP contribution is 2.21. The van der Waals surface area contributed by atoms with Gasteiger partial charge in [0, 0.05) is 160 Å². The predicted molar refractivity (Wildman–Crippen MR) is 466 cm³/mol.